The van der Waals surface area contributed by atoms with Crippen LogP contribution in [-0.4, -0.2) is 18.8 Å². The van der Waals surface area contributed by atoms with Crippen LogP contribution in [0.1, 0.15) is 24.8 Å². The second-order valence-electron chi connectivity index (χ2n) is 4.77. The number of nitriles is 1. The van der Waals surface area contributed by atoms with Crippen molar-refractivity contribution in [2.75, 3.05) is 12.9 Å². The lowest BCUT2D eigenvalue weighted by molar-refractivity contribution is -0.141. The molecule has 1 saturated carbocycles. The second-order valence-corrected chi connectivity index (χ2v) is 6.19. The van der Waals surface area contributed by atoms with Crippen LogP contribution in [-0.2, 0) is 9.53 Å². The van der Waals surface area contributed by atoms with Crippen LogP contribution in [0.3, 0.4) is 0 Å². The maximum atomic E-state index is 11.4. The van der Waals surface area contributed by atoms with E-state index in [-0.39, 0.29) is 11.4 Å². The van der Waals surface area contributed by atoms with Gasteiger partial charge in [-0.05, 0) is 30.4 Å². The van der Waals surface area contributed by atoms with Gasteiger partial charge >= 0.3 is 5.97 Å². The highest BCUT2D eigenvalue weighted by molar-refractivity contribution is 7.99. The largest absolute Gasteiger partial charge is 0.469 e. The summed E-state index contributed by atoms with van der Waals surface area (Å²) in [5.74, 6) is 0.654. The fourth-order valence-corrected chi connectivity index (χ4v) is 3.49. The van der Waals surface area contributed by atoms with Gasteiger partial charge in [0.1, 0.15) is 6.07 Å². The van der Waals surface area contributed by atoms with Gasteiger partial charge in [0.15, 0.2) is 0 Å². The number of nitrogens with zero attached hydrogens (tertiary/aromatic N) is 1. The molecular weight excluding hydrogens is 282 g/mol. The van der Waals surface area contributed by atoms with Crippen LogP contribution < -0.4 is 0 Å². The number of benzene rings is 1. The van der Waals surface area contributed by atoms with Crippen LogP contribution in [0.5, 0.6) is 0 Å². The van der Waals surface area contributed by atoms with Crippen molar-refractivity contribution in [3.8, 4) is 6.07 Å². The topological polar surface area (TPSA) is 50.1 Å². The number of methoxy groups -OCH3 is 1. The van der Waals surface area contributed by atoms with E-state index < -0.39 is 0 Å². The van der Waals surface area contributed by atoms with Crippen LogP contribution in [0.2, 0.25) is 5.02 Å². The molecule has 1 aromatic carbocycles. The van der Waals surface area contributed by atoms with Crippen molar-refractivity contribution >= 4 is 29.3 Å². The summed E-state index contributed by atoms with van der Waals surface area (Å²) < 4.78 is 4.72. The van der Waals surface area contributed by atoms with Crippen molar-refractivity contribution in [1.82, 2.24) is 0 Å². The van der Waals surface area contributed by atoms with Gasteiger partial charge in [-0.25, -0.2) is 0 Å². The molecule has 0 aromatic heterocycles. The van der Waals surface area contributed by atoms with Gasteiger partial charge in [0.2, 0.25) is 0 Å². The van der Waals surface area contributed by atoms with Gasteiger partial charge in [-0.15, -0.1) is 11.8 Å². The van der Waals surface area contributed by atoms with E-state index in [4.69, 9.17) is 21.6 Å². The number of halogens is 1. The minimum Gasteiger partial charge on any atom is -0.469 e. The number of hydrogen-bond donors (Lipinski definition) is 0. The Balaban J connectivity index is 2.02. The molecule has 2 rings (SSSR count). The zero-order valence-electron chi connectivity index (χ0n) is 10.6. The molecule has 1 fully saturated rings. The highest BCUT2D eigenvalue weighted by Gasteiger charge is 2.44. The van der Waals surface area contributed by atoms with Crippen LogP contribution in [0.15, 0.2) is 23.1 Å². The third-order valence-corrected chi connectivity index (χ3v) is 5.05. The van der Waals surface area contributed by atoms with E-state index in [0.717, 1.165) is 23.5 Å². The van der Waals surface area contributed by atoms with Crippen LogP contribution >= 0.6 is 23.4 Å². The lowest BCUT2D eigenvalue weighted by atomic mass is 10.1. The Morgan fingerprint density at radius 2 is 2.32 bits per heavy atom. The molecule has 0 amide bonds. The first-order valence-electron chi connectivity index (χ1n) is 5.98. The molecule has 1 aliphatic rings. The standard InChI is InChI=1S/C14H14ClNO2S/c1-18-13(17)7-14(5-6-14)9-19-12-4-2-3-11(15)10(12)8-16/h2-4H,5-7,9H2,1H3. The molecule has 0 bridgehead atoms. The molecule has 5 heteroatoms. The van der Waals surface area contributed by atoms with Crippen molar-refractivity contribution in [2.24, 2.45) is 5.41 Å². The normalized spacial score (nSPS) is 15.6. The lowest BCUT2D eigenvalue weighted by Crippen LogP contribution is -2.13. The number of rotatable bonds is 5. The fourth-order valence-electron chi connectivity index (χ4n) is 1.89. The molecule has 0 heterocycles. The Labute approximate surface area is 121 Å². The zero-order chi connectivity index (χ0) is 13.9. The summed E-state index contributed by atoms with van der Waals surface area (Å²) in [7, 11) is 1.41. The predicted molar refractivity (Wildman–Crippen MR) is 75.2 cm³/mol. The molecular formula is C14H14ClNO2S. The molecule has 0 spiro atoms. The zero-order valence-corrected chi connectivity index (χ0v) is 12.2. The second kappa shape index (κ2) is 5.85. The summed E-state index contributed by atoms with van der Waals surface area (Å²) in [6.07, 6.45) is 2.54. The van der Waals surface area contributed by atoms with E-state index in [1.54, 1.807) is 17.8 Å². The quantitative estimate of drug-likeness (QED) is 0.614. The van der Waals surface area contributed by atoms with Gasteiger partial charge in [0, 0.05) is 10.6 Å². The Bertz CT molecular complexity index is 535. The number of hydrogen-bond acceptors (Lipinski definition) is 4. The summed E-state index contributed by atoms with van der Waals surface area (Å²) in [5.41, 5.74) is 0.565. The lowest BCUT2D eigenvalue weighted by Gasteiger charge is -2.13. The fraction of sp³-hybridized carbons (Fsp3) is 0.429. The third kappa shape index (κ3) is 3.43. The summed E-state index contributed by atoms with van der Waals surface area (Å²) in [6.45, 7) is 0. The molecule has 3 nitrogen and oxygen atoms in total. The maximum absolute atomic E-state index is 11.4. The molecule has 100 valence electrons. The van der Waals surface area contributed by atoms with E-state index in [0.29, 0.717) is 17.0 Å². The van der Waals surface area contributed by atoms with Crippen LogP contribution in [0.25, 0.3) is 0 Å². The van der Waals surface area contributed by atoms with Crippen molar-refractivity contribution in [1.29, 1.82) is 5.26 Å². The van der Waals surface area contributed by atoms with Gasteiger partial charge in [0.05, 0.1) is 24.1 Å². The first-order chi connectivity index (χ1) is 9.10. The highest BCUT2D eigenvalue weighted by Crippen LogP contribution is 2.52. The van der Waals surface area contributed by atoms with Crippen molar-refractivity contribution in [3.05, 3.63) is 28.8 Å². The van der Waals surface area contributed by atoms with Crippen LogP contribution in [0, 0.1) is 16.7 Å². The molecule has 0 atom stereocenters. The number of thioether (sulfide) groups is 1. The average Bonchev–Trinajstić information content (AvgIpc) is 3.16. The number of carbonyl (C=O) groups excluding carboxylic acids is 1. The van der Waals surface area contributed by atoms with Gasteiger partial charge in [-0.1, -0.05) is 17.7 Å². The van der Waals surface area contributed by atoms with E-state index in [1.165, 1.54) is 7.11 Å². The SMILES string of the molecule is COC(=O)CC1(CSc2cccc(Cl)c2C#N)CC1. The summed E-state index contributed by atoms with van der Waals surface area (Å²) in [6, 6.07) is 7.57. The summed E-state index contributed by atoms with van der Waals surface area (Å²) in [5, 5.41) is 9.58. The third-order valence-electron chi connectivity index (χ3n) is 3.33. The first kappa shape index (κ1) is 14.2. The molecule has 19 heavy (non-hydrogen) atoms. The van der Waals surface area contributed by atoms with E-state index >= 15 is 0 Å². The molecule has 0 N–H and O–H groups in total. The Kier molecular flexibility index (Phi) is 4.38. The molecule has 0 aliphatic heterocycles. The van der Waals surface area contributed by atoms with E-state index in [1.807, 2.05) is 12.1 Å². The molecule has 0 unspecified atom stereocenters. The molecule has 0 saturated heterocycles. The first-order valence-corrected chi connectivity index (χ1v) is 7.35. The van der Waals surface area contributed by atoms with E-state index in [2.05, 4.69) is 6.07 Å². The number of ether oxygens (including phenoxy) is 1. The monoisotopic (exact) mass is 295 g/mol. The minimum atomic E-state index is -0.162. The predicted octanol–water partition coefficient (Wildman–Crippen LogP) is 3.65. The van der Waals surface area contributed by atoms with Gasteiger partial charge < -0.3 is 4.74 Å². The Morgan fingerprint density at radius 1 is 1.58 bits per heavy atom. The smallest absolute Gasteiger partial charge is 0.306 e. The van der Waals surface area contributed by atoms with Crippen molar-refractivity contribution in [3.63, 3.8) is 0 Å². The summed E-state index contributed by atoms with van der Waals surface area (Å²) >= 11 is 7.58. The maximum Gasteiger partial charge on any atom is 0.306 e. The number of carbonyl (C=O) groups is 1. The highest BCUT2D eigenvalue weighted by atomic mass is 35.5. The Hall–Kier alpha value is -1.18. The number of esters is 1. The van der Waals surface area contributed by atoms with Gasteiger partial charge in [-0.2, -0.15) is 5.26 Å². The minimum absolute atomic E-state index is 0.0484. The molecule has 1 aromatic rings. The summed E-state index contributed by atoms with van der Waals surface area (Å²) in [4.78, 5) is 12.2. The van der Waals surface area contributed by atoms with Crippen molar-refractivity contribution < 1.29 is 9.53 Å². The van der Waals surface area contributed by atoms with Crippen LogP contribution in [0.4, 0.5) is 0 Å². The Morgan fingerprint density at radius 3 is 2.89 bits per heavy atom. The van der Waals surface area contributed by atoms with Gasteiger partial charge in [0.25, 0.3) is 0 Å². The molecule has 0 radical (unpaired) electrons. The average molecular weight is 296 g/mol. The van der Waals surface area contributed by atoms with Crippen molar-refractivity contribution in [2.45, 2.75) is 24.2 Å². The van der Waals surface area contributed by atoms with Gasteiger partial charge in [-0.3, -0.25) is 4.79 Å². The van der Waals surface area contributed by atoms with E-state index in [9.17, 15) is 4.79 Å². The molecule has 1 aliphatic carbocycles.